The zero-order chi connectivity index (χ0) is 21.6. The van der Waals surface area contributed by atoms with Gasteiger partial charge in [-0.05, 0) is 42.0 Å². The number of H-pyrrole nitrogens is 1. The van der Waals surface area contributed by atoms with Gasteiger partial charge in [0.1, 0.15) is 22.3 Å². The Morgan fingerprint density at radius 2 is 2.10 bits per heavy atom. The molecule has 0 saturated carbocycles. The van der Waals surface area contributed by atoms with Crippen LogP contribution in [0.25, 0.3) is 21.6 Å². The van der Waals surface area contributed by atoms with E-state index in [-0.39, 0.29) is 17.3 Å². The largest absolute Gasteiger partial charge is 0.493 e. The molecule has 0 unspecified atom stereocenters. The minimum absolute atomic E-state index is 0.171. The summed E-state index contributed by atoms with van der Waals surface area (Å²) < 4.78 is 29.0. The molecule has 3 heterocycles. The number of nitrogens with one attached hydrogen (secondary N) is 2. The van der Waals surface area contributed by atoms with Crippen molar-refractivity contribution in [1.82, 2.24) is 20.3 Å². The summed E-state index contributed by atoms with van der Waals surface area (Å²) in [4.78, 5) is 24.7. The predicted molar refractivity (Wildman–Crippen MR) is 117 cm³/mol. The van der Waals surface area contributed by atoms with Gasteiger partial charge >= 0.3 is 0 Å². The fourth-order valence-corrected chi connectivity index (χ4v) is 4.88. The molecule has 1 aliphatic heterocycles. The lowest BCUT2D eigenvalue weighted by Gasteiger charge is -2.01. The van der Waals surface area contributed by atoms with Gasteiger partial charge in [0.15, 0.2) is 9.84 Å². The maximum absolute atomic E-state index is 12.5. The Hall–Kier alpha value is -3.24. The minimum Gasteiger partial charge on any atom is -0.493 e. The standard InChI is InChI=1S/C21H18N4O4S2/c1-31(27,28)14-3-4-15-16(9-14)24-19(23-15)10-22-20(26)17-11-30-21(25-17)13-2-5-18-12(8-13)6-7-29-18/h2-5,8-9,11H,6-7,10H2,1H3,(H,22,26)(H,23,24). The smallest absolute Gasteiger partial charge is 0.271 e. The molecule has 2 aromatic carbocycles. The van der Waals surface area contributed by atoms with Crippen molar-refractivity contribution >= 4 is 38.1 Å². The zero-order valence-electron chi connectivity index (χ0n) is 16.5. The van der Waals surface area contributed by atoms with Gasteiger partial charge in [0.2, 0.25) is 0 Å². The molecular weight excluding hydrogens is 436 g/mol. The molecule has 31 heavy (non-hydrogen) atoms. The maximum atomic E-state index is 12.5. The number of hydrogen-bond donors (Lipinski definition) is 2. The van der Waals surface area contributed by atoms with Crippen molar-refractivity contribution in [2.75, 3.05) is 12.9 Å². The highest BCUT2D eigenvalue weighted by Gasteiger charge is 2.16. The van der Waals surface area contributed by atoms with E-state index in [0.717, 1.165) is 34.6 Å². The van der Waals surface area contributed by atoms with Crippen LogP contribution in [0, 0.1) is 0 Å². The molecule has 2 N–H and O–H groups in total. The molecule has 0 saturated heterocycles. The molecule has 1 amide bonds. The summed E-state index contributed by atoms with van der Waals surface area (Å²) in [5.74, 6) is 1.14. The number of aromatic nitrogens is 3. The lowest BCUT2D eigenvalue weighted by molar-refractivity contribution is 0.0945. The van der Waals surface area contributed by atoms with Gasteiger partial charge in [-0.3, -0.25) is 4.79 Å². The number of carbonyl (C=O) groups excluding carboxylic acids is 1. The maximum Gasteiger partial charge on any atom is 0.271 e. The van der Waals surface area contributed by atoms with Crippen LogP contribution in [0.1, 0.15) is 21.9 Å². The van der Waals surface area contributed by atoms with Crippen LogP contribution in [0.2, 0.25) is 0 Å². The van der Waals surface area contributed by atoms with E-state index in [0.29, 0.717) is 29.2 Å². The van der Waals surface area contributed by atoms with Crippen molar-refractivity contribution in [3.8, 4) is 16.3 Å². The number of thiazole rings is 1. The second-order valence-electron chi connectivity index (χ2n) is 7.28. The molecule has 4 aromatic rings. The van der Waals surface area contributed by atoms with Gasteiger partial charge in [0, 0.05) is 23.6 Å². The van der Waals surface area contributed by atoms with Gasteiger partial charge in [0.05, 0.1) is 29.1 Å². The van der Waals surface area contributed by atoms with E-state index in [9.17, 15) is 13.2 Å². The van der Waals surface area contributed by atoms with E-state index >= 15 is 0 Å². The third-order valence-electron chi connectivity index (χ3n) is 5.02. The highest BCUT2D eigenvalue weighted by atomic mass is 32.2. The number of benzene rings is 2. The van der Waals surface area contributed by atoms with Gasteiger partial charge in [0.25, 0.3) is 5.91 Å². The number of fused-ring (bicyclic) bond motifs is 2. The highest BCUT2D eigenvalue weighted by Crippen LogP contribution is 2.31. The predicted octanol–water partition coefficient (Wildman–Crippen LogP) is 2.95. The number of imidazole rings is 1. The summed E-state index contributed by atoms with van der Waals surface area (Å²) in [5.41, 5.74) is 3.69. The molecule has 0 radical (unpaired) electrons. The van der Waals surface area contributed by atoms with Crippen LogP contribution in [0.15, 0.2) is 46.7 Å². The second kappa shape index (κ2) is 7.47. The van der Waals surface area contributed by atoms with Crippen molar-refractivity contribution in [3.05, 3.63) is 58.9 Å². The Morgan fingerprint density at radius 1 is 1.23 bits per heavy atom. The third-order valence-corrected chi connectivity index (χ3v) is 7.02. The Morgan fingerprint density at radius 3 is 2.94 bits per heavy atom. The van der Waals surface area contributed by atoms with E-state index < -0.39 is 9.84 Å². The van der Waals surface area contributed by atoms with Crippen LogP contribution in [0.5, 0.6) is 5.75 Å². The average Bonchev–Trinajstić information content (AvgIpc) is 3.48. The monoisotopic (exact) mass is 454 g/mol. The molecule has 0 fully saturated rings. The molecule has 0 bridgehead atoms. The first-order valence-electron chi connectivity index (χ1n) is 9.55. The summed E-state index contributed by atoms with van der Waals surface area (Å²) in [6, 6.07) is 10.6. The number of carbonyl (C=O) groups is 1. The Bertz CT molecular complexity index is 1420. The Balaban J connectivity index is 1.29. The summed E-state index contributed by atoms with van der Waals surface area (Å²) in [6.07, 6.45) is 2.04. The number of aromatic amines is 1. The van der Waals surface area contributed by atoms with Crippen molar-refractivity contribution in [2.45, 2.75) is 17.9 Å². The highest BCUT2D eigenvalue weighted by molar-refractivity contribution is 7.90. The summed E-state index contributed by atoms with van der Waals surface area (Å²) >= 11 is 1.41. The van der Waals surface area contributed by atoms with Crippen molar-refractivity contribution < 1.29 is 17.9 Å². The molecule has 0 aliphatic carbocycles. The SMILES string of the molecule is CS(=O)(=O)c1ccc2nc(CNC(=O)c3csc(-c4ccc5c(c4)CCO5)n3)[nH]c2c1. The second-order valence-corrected chi connectivity index (χ2v) is 10.1. The quantitative estimate of drug-likeness (QED) is 0.479. The minimum atomic E-state index is -3.30. The number of rotatable bonds is 5. The Labute approximate surface area is 182 Å². The van der Waals surface area contributed by atoms with Gasteiger partial charge in [-0.25, -0.2) is 18.4 Å². The first kappa shape index (κ1) is 19.7. The van der Waals surface area contributed by atoms with Crippen LogP contribution in [-0.2, 0) is 22.8 Å². The van der Waals surface area contributed by atoms with E-state index in [2.05, 4.69) is 26.3 Å². The lowest BCUT2D eigenvalue weighted by Crippen LogP contribution is -2.23. The van der Waals surface area contributed by atoms with E-state index in [1.807, 2.05) is 12.1 Å². The number of sulfone groups is 1. The van der Waals surface area contributed by atoms with Gasteiger partial charge in [-0.15, -0.1) is 11.3 Å². The lowest BCUT2D eigenvalue weighted by atomic mass is 10.1. The van der Waals surface area contributed by atoms with Gasteiger partial charge in [-0.1, -0.05) is 0 Å². The van der Waals surface area contributed by atoms with Crippen LogP contribution in [0.3, 0.4) is 0 Å². The van der Waals surface area contributed by atoms with E-state index in [1.54, 1.807) is 11.4 Å². The molecule has 2 aromatic heterocycles. The third kappa shape index (κ3) is 3.91. The topological polar surface area (TPSA) is 114 Å². The molecular formula is C21H18N4O4S2. The van der Waals surface area contributed by atoms with Gasteiger partial charge in [-0.2, -0.15) is 0 Å². The number of nitrogens with zero attached hydrogens (tertiary/aromatic N) is 2. The molecule has 8 nitrogen and oxygen atoms in total. The van der Waals surface area contributed by atoms with Crippen LogP contribution in [0.4, 0.5) is 0 Å². The fourth-order valence-electron chi connectivity index (χ4n) is 3.44. The van der Waals surface area contributed by atoms with Crippen molar-refractivity contribution in [2.24, 2.45) is 0 Å². The average molecular weight is 455 g/mol. The first-order chi connectivity index (χ1) is 14.9. The summed E-state index contributed by atoms with van der Waals surface area (Å²) in [6.45, 7) is 0.867. The molecule has 1 aliphatic rings. The molecule has 5 rings (SSSR count). The Kier molecular flexibility index (Phi) is 4.75. The molecule has 158 valence electrons. The van der Waals surface area contributed by atoms with E-state index in [1.165, 1.54) is 23.5 Å². The summed E-state index contributed by atoms with van der Waals surface area (Å²) in [7, 11) is -3.30. The van der Waals surface area contributed by atoms with Gasteiger partial charge < -0.3 is 15.0 Å². The van der Waals surface area contributed by atoms with Crippen LogP contribution >= 0.6 is 11.3 Å². The normalized spacial score (nSPS) is 13.2. The van der Waals surface area contributed by atoms with Crippen LogP contribution in [-0.4, -0.2) is 42.1 Å². The van der Waals surface area contributed by atoms with Crippen molar-refractivity contribution in [3.63, 3.8) is 0 Å². The van der Waals surface area contributed by atoms with E-state index in [4.69, 9.17) is 4.74 Å². The zero-order valence-corrected chi connectivity index (χ0v) is 18.1. The molecule has 0 spiro atoms. The molecule has 0 atom stereocenters. The fraction of sp³-hybridized carbons (Fsp3) is 0.190. The van der Waals surface area contributed by atoms with Crippen molar-refractivity contribution in [1.29, 1.82) is 0 Å². The number of ether oxygens (including phenoxy) is 1. The number of amides is 1. The summed E-state index contributed by atoms with van der Waals surface area (Å²) in [5, 5.41) is 5.30. The number of hydrogen-bond acceptors (Lipinski definition) is 7. The first-order valence-corrected chi connectivity index (χ1v) is 12.3. The van der Waals surface area contributed by atoms with Crippen LogP contribution < -0.4 is 10.1 Å². The molecule has 10 heteroatoms.